The molecule has 0 atom stereocenters. The molecule has 1 heterocycles. The molecule has 2 aromatic carbocycles. The number of benzene rings is 2. The molecular weight excluding hydrogens is 374 g/mol. The van der Waals surface area contributed by atoms with Crippen molar-refractivity contribution >= 4 is 22.6 Å². The van der Waals surface area contributed by atoms with Gasteiger partial charge in [-0.3, -0.25) is 4.79 Å². The average molecular weight is 404 g/mol. The third-order valence-corrected chi connectivity index (χ3v) is 5.60. The van der Waals surface area contributed by atoms with Crippen LogP contribution in [0.25, 0.3) is 22.0 Å². The van der Waals surface area contributed by atoms with Crippen molar-refractivity contribution in [2.45, 2.75) is 53.0 Å². The Hall–Kier alpha value is -3.26. The lowest BCUT2D eigenvalue weighted by Gasteiger charge is -2.08. The van der Waals surface area contributed by atoms with Gasteiger partial charge in [0.05, 0.1) is 18.2 Å². The van der Waals surface area contributed by atoms with Crippen molar-refractivity contribution < 1.29 is 9.53 Å². The van der Waals surface area contributed by atoms with E-state index in [1.807, 2.05) is 39.0 Å². The summed E-state index contributed by atoms with van der Waals surface area (Å²) in [6.45, 7) is 7.12. The lowest BCUT2D eigenvalue weighted by atomic mass is 9.97. The van der Waals surface area contributed by atoms with Crippen molar-refractivity contribution in [2.75, 3.05) is 12.3 Å². The molecule has 2 N–H and O–H groups in total. The number of nitrogen functional groups attached to an aromatic ring is 1. The molecule has 0 amide bonds. The Morgan fingerprint density at radius 2 is 1.97 bits per heavy atom. The predicted molar refractivity (Wildman–Crippen MR) is 121 cm³/mol. The van der Waals surface area contributed by atoms with Gasteiger partial charge in [-0.05, 0) is 68.5 Å². The number of fused-ring (bicyclic) bond motifs is 1. The topological polar surface area (TPSA) is 81.0 Å². The third kappa shape index (κ3) is 4.49. The van der Waals surface area contributed by atoms with Gasteiger partial charge in [-0.25, -0.2) is 0 Å². The van der Waals surface area contributed by atoms with Gasteiger partial charge in [-0.2, -0.15) is 5.26 Å². The van der Waals surface area contributed by atoms with Crippen molar-refractivity contribution in [3.05, 3.63) is 53.2 Å². The number of aromatic nitrogens is 1. The van der Waals surface area contributed by atoms with Crippen LogP contribution in [0.15, 0.2) is 36.5 Å². The van der Waals surface area contributed by atoms with Gasteiger partial charge in [-0.15, -0.1) is 0 Å². The number of carbonyl (C=O) groups is 1. The van der Waals surface area contributed by atoms with Crippen LogP contribution in [0.5, 0.6) is 0 Å². The smallest absolute Gasteiger partial charge is 0.305 e. The number of nitriles is 1. The van der Waals surface area contributed by atoms with Crippen LogP contribution in [-0.4, -0.2) is 17.1 Å². The van der Waals surface area contributed by atoms with Gasteiger partial charge in [0.25, 0.3) is 0 Å². The fourth-order valence-electron chi connectivity index (χ4n) is 3.87. The van der Waals surface area contributed by atoms with Gasteiger partial charge in [-0.1, -0.05) is 18.6 Å². The van der Waals surface area contributed by atoms with Crippen LogP contribution in [0.3, 0.4) is 0 Å². The number of ether oxygens (including phenoxy) is 1. The summed E-state index contributed by atoms with van der Waals surface area (Å²) in [6.07, 6.45) is 5.39. The molecule has 0 unspecified atom stereocenters. The fraction of sp³-hybridized carbons (Fsp3) is 0.360. The van der Waals surface area contributed by atoms with E-state index in [0.29, 0.717) is 18.6 Å². The zero-order valence-electron chi connectivity index (χ0n) is 18.0. The van der Waals surface area contributed by atoms with Crippen LogP contribution >= 0.6 is 0 Å². The molecule has 0 saturated heterocycles. The maximum absolute atomic E-state index is 11.5. The maximum Gasteiger partial charge on any atom is 0.305 e. The van der Waals surface area contributed by atoms with E-state index in [1.165, 1.54) is 0 Å². The molecule has 0 fully saturated rings. The summed E-state index contributed by atoms with van der Waals surface area (Å²) < 4.78 is 7.25. The molecule has 0 spiro atoms. The Balaban J connectivity index is 1.90. The number of esters is 1. The normalized spacial score (nSPS) is 10.9. The molecule has 0 aliphatic heterocycles. The molecule has 0 aliphatic carbocycles. The van der Waals surface area contributed by atoms with E-state index in [9.17, 15) is 10.1 Å². The zero-order chi connectivity index (χ0) is 21.7. The molecule has 0 radical (unpaired) electrons. The van der Waals surface area contributed by atoms with Gasteiger partial charge in [0, 0.05) is 41.3 Å². The summed E-state index contributed by atoms with van der Waals surface area (Å²) in [5.74, 6) is -0.122. The van der Waals surface area contributed by atoms with E-state index < -0.39 is 0 Å². The number of anilines is 1. The van der Waals surface area contributed by atoms with Crippen molar-refractivity contribution in [3.63, 3.8) is 0 Å². The Morgan fingerprint density at radius 3 is 2.70 bits per heavy atom. The molecule has 30 heavy (non-hydrogen) atoms. The highest BCUT2D eigenvalue weighted by molar-refractivity contribution is 5.98. The first kappa shape index (κ1) is 21.4. The minimum atomic E-state index is -0.122. The highest BCUT2D eigenvalue weighted by atomic mass is 16.5. The highest BCUT2D eigenvalue weighted by Crippen LogP contribution is 2.36. The van der Waals surface area contributed by atoms with E-state index in [-0.39, 0.29) is 5.97 Å². The van der Waals surface area contributed by atoms with Gasteiger partial charge in [0.2, 0.25) is 0 Å². The maximum atomic E-state index is 11.5. The van der Waals surface area contributed by atoms with E-state index in [1.54, 1.807) is 0 Å². The number of nitrogens with two attached hydrogens (primary N) is 1. The lowest BCUT2D eigenvalue weighted by Crippen LogP contribution is -2.03. The minimum Gasteiger partial charge on any atom is -0.466 e. The second kappa shape index (κ2) is 9.49. The fourth-order valence-corrected chi connectivity index (χ4v) is 3.87. The molecule has 3 rings (SSSR count). The lowest BCUT2D eigenvalue weighted by molar-refractivity contribution is -0.143. The summed E-state index contributed by atoms with van der Waals surface area (Å²) in [5, 5.41) is 10.6. The molecule has 0 saturated carbocycles. The van der Waals surface area contributed by atoms with Crippen molar-refractivity contribution in [3.8, 4) is 17.2 Å². The Morgan fingerprint density at radius 1 is 1.17 bits per heavy atom. The van der Waals surface area contributed by atoms with Crippen LogP contribution in [0.2, 0.25) is 0 Å². The number of hydrogen-bond donors (Lipinski definition) is 1. The molecule has 5 nitrogen and oxygen atoms in total. The third-order valence-electron chi connectivity index (χ3n) is 5.60. The number of aryl methyl sites for hydroxylation is 2. The number of carbonyl (C=O) groups excluding carboxylic acids is 1. The van der Waals surface area contributed by atoms with Crippen molar-refractivity contribution in [1.29, 1.82) is 5.26 Å². The van der Waals surface area contributed by atoms with E-state index in [2.05, 4.69) is 29.0 Å². The molecule has 0 aliphatic rings. The second-order valence-corrected chi connectivity index (χ2v) is 7.67. The van der Waals surface area contributed by atoms with Gasteiger partial charge in [0.1, 0.15) is 0 Å². The average Bonchev–Trinajstić information content (AvgIpc) is 3.06. The largest absolute Gasteiger partial charge is 0.466 e. The number of hydrogen-bond acceptors (Lipinski definition) is 4. The molecule has 1 aromatic heterocycles. The number of nitrogens with zero attached hydrogens (tertiary/aromatic N) is 2. The minimum absolute atomic E-state index is 0.122. The van der Waals surface area contributed by atoms with Gasteiger partial charge in [0.15, 0.2) is 0 Å². The van der Waals surface area contributed by atoms with Crippen molar-refractivity contribution in [1.82, 2.24) is 4.57 Å². The summed E-state index contributed by atoms with van der Waals surface area (Å²) >= 11 is 0. The molecule has 5 heteroatoms. The first-order valence-electron chi connectivity index (χ1n) is 10.5. The van der Waals surface area contributed by atoms with E-state index >= 15 is 0 Å². The number of unbranched alkanes of at least 4 members (excludes halogenated alkanes) is 2. The molecule has 0 bridgehead atoms. The van der Waals surface area contributed by atoms with Crippen LogP contribution in [0.4, 0.5) is 5.69 Å². The molecule has 3 aromatic rings. The summed E-state index contributed by atoms with van der Waals surface area (Å²) in [6, 6.07) is 12.3. The monoisotopic (exact) mass is 403 g/mol. The Bertz CT molecular complexity index is 1110. The van der Waals surface area contributed by atoms with Crippen LogP contribution in [0.1, 0.15) is 49.3 Å². The predicted octanol–water partition coefficient (Wildman–Crippen LogP) is 5.50. The standard InChI is InChI=1S/C25H29N3O2/c1-4-30-25(29)11-6-5-7-12-28-16-22(20-9-8-10-23(27)18(20)3)21-14-19(15-26)17(2)13-24(21)28/h8-10,13-14,16H,4-7,11-12,27H2,1-3H3. The highest BCUT2D eigenvalue weighted by Gasteiger charge is 2.15. The quantitative estimate of drug-likeness (QED) is 0.306. The first-order chi connectivity index (χ1) is 14.5. The first-order valence-corrected chi connectivity index (χ1v) is 10.5. The van der Waals surface area contributed by atoms with Gasteiger partial charge >= 0.3 is 5.97 Å². The Kier molecular flexibility index (Phi) is 6.79. The molecular formula is C25H29N3O2. The van der Waals surface area contributed by atoms with Gasteiger partial charge < -0.3 is 15.0 Å². The molecule has 156 valence electrons. The Labute approximate surface area is 178 Å². The van der Waals surface area contributed by atoms with Crippen LogP contribution < -0.4 is 5.73 Å². The van der Waals surface area contributed by atoms with E-state index in [0.717, 1.165) is 64.7 Å². The second-order valence-electron chi connectivity index (χ2n) is 7.67. The number of rotatable bonds is 8. The zero-order valence-corrected chi connectivity index (χ0v) is 18.0. The van der Waals surface area contributed by atoms with E-state index in [4.69, 9.17) is 10.5 Å². The summed E-state index contributed by atoms with van der Waals surface area (Å²) in [5.41, 5.74) is 12.9. The summed E-state index contributed by atoms with van der Waals surface area (Å²) in [7, 11) is 0. The van der Waals surface area contributed by atoms with Crippen LogP contribution in [-0.2, 0) is 16.1 Å². The van der Waals surface area contributed by atoms with Crippen LogP contribution in [0, 0.1) is 25.2 Å². The van der Waals surface area contributed by atoms with Crippen molar-refractivity contribution in [2.24, 2.45) is 0 Å². The summed E-state index contributed by atoms with van der Waals surface area (Å²) in [4.78, 5) is 11.5. The SMILES string of the molecule is CCOC(=O)CCCCCn1cc(-c2cccc(N)c2C)c2cc(C#N)c(C)cc21.